The predicted molar refractivity (Wildman–Crippen MR) is 93.5 cm³/mol. The van der Waals surface area contributed by atoms with Gasteiger partial charge in [0.05, 0.1) is 6.04 Å². The van der Waals surface area contributed by atoms with Gasteiger partial charge in [-0.3, -0.25) is 4.79 Å². The van der Waals surface area contributed by atoms with Gasteiger partial charge in [0.1, 0.15) is 0 Å². The minimum Gasteiger partial charge on any atom is -0.333 e. The van der Waals surface area contributed by atoms with Crippen molar-refractivity contribution in [1.29, 1.82) is 0 Å². The lowest BCUT2D eigenvalue weighted by Crippen LogP contribution is -2.39. The van der Waals surface area contributed by atoms with E-state index in [1.807, 2.05) is 42.5 Å². The van der Waals surface area contributed by atoms with Crippen molar-refractivity contribution in [2.75, 3.05) is 16.8 Å². The molecule has 1 fully saturated rings. The van der Waals surface area contributed by atoms with Crippen molar-refractivity contribution in [2.45, 2.75) is 12.5 Å². The molecule has 3 rings (SSSR count). The molecule has 0 radical (unpaired) electrons. The molecule has 1 atom stereocenters. The molecule has 0 bridgehead atoms. The van der Waals surface area contributed by atoms with Crippen LogP contribution in [0.15, 0.2) is 59.1 Å². The smallest absolute Gasteiger partial charge is 0.319 e. The van der Waals surface area contributed by atoms with E-state index < -0.39 is 0 Å². The van der Waals surface area contributed by atoms with Crippen molar-refractivity contribution in [3.8, 4) is 0 Å². The highest BCUT2D eigenvalue weighted by Gasteiger charge is 2.31. The Labute approximate surface area is 142 Å². The lowest BCUT2D eigenvalue weighted by Gasteiger charge is -2.17. The molecule has 6 heteroatoms. The van der Waals surface area contributed by atoms with Gasteiger partial charge in [-0.25, -0.2) is 4.79 Å². The SMILES string of the molecule is O=C(Nc1ccc(Br)cc1)N[C@H]1CC(=O)N(c2ccccc2)C1. The molecule has 3 amide bonds. The number of hydrogen-bond donors (Lipinski definition) is 2. The third kappa shape index (κ3) is 3.90. The van der Waals surface area contributed by atoms with Crippen LogP contribution in [0.3, 0.4) is 0 Å². The van der Waals surface area contributed by atoms with Crippen LogP contribution < -0.4 is 15.5 Å². The fourth-order valence-electron chi connectivity index (χ4n) is 2.55. The topological polar surface area (TPSA) is 61.4 Å². The molecule has 5 nitrogen and oxygen atoms in total. The highest BCUT2D eigenvalue weighted by atomic mass is 79.9. The maximum absolute atomic E-state index is 12.1. The number of rotatable bonds is 3. The Balaban J connectivity index is 1.57. The van der Waals surface area contributed by atoms with E-state index in [1.165, 1.54) is 0 Å². The Kier molecular flexibility index (Phi) is 4.62. The summed E-state index contributed by atoms with van der Waals surface area (Å²) in [7, 11) is 0. The van der Waals surface area contributed by atoms with Crippen LogP contribution in [0.1, 0.15) is 6.42 Å². The summed E-state index contributed by atoms with van der Waals surface area (Å²) < 4.78 is 0.948. The number of para-hydroxylation sites is 1. The third-order valence-electron chi connectivity index (χ3n) is 3.63. The number of urea groups is 1. The van der Waals surface area contributed by atoms with Gasteiger partial charge in [0.2, 0.25) is 5.91 Å². The summed E-state index contributed by atoms with van der Waals surface area (Å²) in [5, 5.41) is 5.61. The second-order valence-electron chi connectivity index (χ2n) is 5.35. The Morgan fingerprint density at radius 1 is 1.09 bits per heavy atom. The van der Waals surface area contributed by atoms with Gasteiger partial charge in [0.25, 0.3) is 0 Å². The van der Waals surface area contributed by atoms with Crippen molar-refractivity contribution < 1.29 is 9.59 Å². The monoisotopic (exact) mass is 373 g/mol. The van der Waals surface area contributed by atoms with Crippen LogP contribution in [0.4, 0.5) is 16.2 Å². The van der Waals surface area contributed by atoms with E-state index in [0.717, 1.165) is 10.2 Å². The number of anilines is 2. The first kappa shape index (κ1) is 15.6. The van der Waals surface area contributed by atoms with Gasteiger partial charge in [0.15, 0.2) is 0 Å². The summed E-state index contributed by atoms with van der Waals surface area (Å²) in [6.45, 7) is 0.483. The van der Waals surface area contributed by atoms with Crippen LogP contribution in [-0.4, -0.2) is 24.5 Å². The van der Waals surface area contributed by atoms with Crippen molar-refractivity contribution >= 4 is 39.2 Å². The van der Waals surface area contributed by atoms with Gasteiger partial charge in [0, 0.05) is 28.8 Å². The van der Waals surface area contributed by atoms with E-state index in [2.05, 4.69) is 26.6 Å². The zero-order chi connectivity index (χ0) is 16.2. The summed E-state index contributed by atoms with van der Waals surface area (Å²) in [6, 6.07) is 16.3. The molecular formula is C17H16BrN3O2. The van der Waals surface area contributed by atoms with Crippen LogP contribution in [0.25, 0.3) is 0 Å². The molecule has 2 aromatic carbocycles. The molecule has 23 heavy (non-hydrogen) atoms. The van der Waals surface area contributed by atoms with Crippen molar-refractivity contribution in [3.05, 3.63) is 59.1 Å². The summed E-state index contributed by atoms with van der Waals surface area (Å²) in [6.07, 6.45) is 0.308. The largest absolute Gasteiger partial charge is 0.333 e. The van der Waals surface area contributed by atoms with Crippen LogP contribution in [-0.2, 0) is 4.79 Å². The zero-order valence-corrected chi connectivity index (χ0v) is 13.9. The Morgan fingerprint density at radius 3 is 2.48 bits per heavy atom. The van der Waals surface area contributed by atoms with E-state index in [1.54, 1.807) is 17.0 Å². The summed E-state index contributed by atoms with van der Waals surface area (Å²) in [4.78, 5) is 25.8. The van der Waals surface area contributed by atoms with Gasteiger partial charge < -0.3 is 15.5 Å². The second kappa shape index (κ2) is 6.83. The maximum atomic E-state index is 12.1. The molecule has 1 heterocycles. The average Bonchev–Trinajstić information content (AvgIpc) is 2.91. The lowest BCUT2D eigenvalue weighted by atomic mass is 10.2. The molecular weight excluding hydrogens is 358 g/mol. The Hall–Kier alpha value is -2.34. The minimum atomic E-state index is -0.306. The molecule has 2 aromatic rings. The van der Waals surface area contributed by atoms with Crippen molar-refractivity contribution in [1.82, 2.24) is 5.32 Å². The van der Waals surface area contributed by atoms with Gasteiger partial charge >= 0.3 is 6.03 Å². The number of carbonyl (C=O) groups is 2. The molecule has 0 aromatic heterocycles. The van der Waals surface area contributed by atoms with E-state index >= 15 is 0 Å². The summed E-state index contributed by atoms with van der Waals surface area (Å²) in [5.41, 5.74) is 1.56. The average molecular weight is 374 g/mol. The van der Waals surface area contributed by atoms with Gasteiger partial charge in [-0.15, -0.1) is 0 Å². The fraction of sp³-hybridized carbons (Fsp3) is 0.176. The van der Waals surface area contributed by atoms with E-state index in [-0.39, 0.29) is 18.0 Å². The fourth-order valence-corrected chi connectivity index (χ4v) is 2.81. The van der Waals surface area contributed by atoms with Crippen molar-refractivity contribution in [3.63, 3.8) is 0 Å². The molecule has 0 aliphatic carbocycles. The van der Waals surface area contributed by atoms with Crippen LogP contribution in [0.5, 0.6) is 0 Å². The third-order valence-corrected chi connectivity index (χ3v) is 4.16. The number of nitrogens with zero attached hydrogens (tertiary/aromatic N) is 1. The highest BCUT2D eigenvalue weighted by molar-refractivity contribution is 9.10. The molecule has 1 aliphatic heterocycles. The molecule has 0 spiro atoms. The predicted octanol–water partition coefficient (Wildman–Crippen LogP) is 3.38. The number of hydrogen-bond acceptors (Lipinski definition) is 2. The number of halogens is 1. The summed E-state index contributed by atoms with van der Waals surface area (Å²) >= 11 is 3.35. The lowest BCUT2D eigenvalue weighted by molar-refractivity contribution is -0.117. The van der Waals surface area contributed by atoms with Crippen LogP contribution >= 0.6 is 15.9 Å². The van der Waals surface area contributed by atoms with E-state index in [9.17, 15) is 9.59 Å². The minimum absolute atomic E-state index is 0.0186. The first-order chi connectivity index (χ1) is 11.1. The molecule has 2 N–H and O–H groups in total. The first-order valence-corrected chi connectivity index (χ1v) is 8.09. The number of benzene rings is 2. The maximum Gasteiger partial charge on any atom is 0.319 e. The first-order valence-electron chi connectivity index (χ1n) is 7.30. The number of amides is 3. The van der Waals surface area contributed by atoms with Crippen LogP contribution in [0, 0.1) is 0 Å². The number of nitrogens with one attached hydrogen (secondary N) is 2. The van der Waals surface area contributed by atoms with E-state index in [4.69, 9.17) is 0 Å². The van der Waals surface area contributed by atoms with Gasteiger partial charge in [-0.05, 0) is 36.4 Å². The van der Waals surface area contributed by atoms with Gasteiger partial charge in [-0.1, -0.05) is 34.1 Å². The molecule has 1 aliphatic rings. The standard InChI is InChI=1S/C17H16BrN3O2/c18-12-6-8-13(9-7-12)19-17(23)20-14-10-16(22)21(11-14)15-4-2-1-3-5-15/h1-9,14H,10-11H2,(H2,19,20,23)/t14-/m0/s1. The molecule has 0 unspecified atom stereocenters. The number of carbonyl (C=O) groups excluding carboxylic acids is 2. The zero-order valence-electron chi connectivity index (χ0n) is 12.3. The molecule has 0 saturated carbocycles. The van der Waals surface area contributed by atoms with Crippen molar-refractivity contribution in [2.24, 2.45) is 0 Å². The quantitative estimate of drug-likeness (QED) is 0.866. The summed E-state index contributed by atoms with van der Waals surface area (Å²) in [5.74, 6) is 0.0186. The molecule has 118 valence electrons. The van der Waals surface area contributed by atoms with Crippen LogP contribution in [0.2, 0.25) is 0 Å². The molecule has 1 saturated heterocycles. The van der Waals surface area contributed by atoms with Gasteiger partial charge in [-0.2, -0.15) is 0 Å². The Bertz CT molecular complexity index is 704. The second-order valence-corrected chi connectivity index (χ2v) is 6.26. The highest BCUT2D eigenvalue weighted by Crippen LogP contribution is 2.21. The van der Waals surface area contributed by atoms with E-state index in [0.29, 0.717) is 18.7 Å². The normalized spacial score (nSPS) is 17.2. The Morgan fingerprint density at radius 2 is 1.78 bits per heavy atom.